The first-order valence-electron chi connectivity index (χ1n) is 13.4. The van der Waals surface area contributed by atoms with Crippen molar-refractivity contribution in [3.8, 4) is 17.0 Å². The Morgan fingerprint density at radius 3 is 2.25 bits per heavy atom. The monoisotopic (exact) mass is 536 g/mol. The summed E-state index contributed by atoms with van der Waals surface area (Å²) in [6.07, 6.45) is 3.85. The molecule has 1 aliphatic rings. The van der Waals surface area contributed by atoms with Gasteiger partial charge in [0.15, 0.2) is 0 Å². The van der Waals surface area contributed by atoms with Gasteiger partial charge in [0.1, 0.15) is 0 Å². The number of hydrogen-bond acceptors (Lipinski definition) is 7. The number of piperidine rings is 1. The highest BCUT2D eigenvalue weighted by molar-refractivity contribution is 5.99. The molecule has 204 valence electrons. The molecule has 3 aromatic carbocycles. The van der Waals surface area contributed by atoms with Crippen molar-refractivity contribution in [1.29, 1.82) is 0 Å². The topological polar surface area (TPSA) is 117 Å². The molecule has 1 aromatic heterocycles. The summed E-state index contributed by atoms with van der Waals surface area (Å²) in [4.78, 5) is 34.0. The van der Waals surface area contributed by atoms with Crippen LogP contribution in [-0.2, 0) is 4.79 Å². The van der Waals surface area contributed by atoms with Gasteiger partial charge >= 0.3 is 0 Å². The second-order valence-electron chi connectivity index (χ2n) is 9.58. The molecule has 0 spiro atoms. The number of para-hydroxylation sites is 2. The molecule has 4 N–H and O–H groups in total. The fraction of sp³-hybridized carbons (Fsp3) is 0.226. The number of benzene rings is 3. The summed E-state index contributed by atoms with van der Waals surface area (Å²) in [5.74, 6) is 0.755. The Kier molecular flexibility index (Phi) is 8.95. The highest BCUT2D eigenvalue weighted by atomic mass is 16.5. The lowest BCUT2D eigenvalue weighted by atomic mass is 9.99. The van der Waals surface area contributed by atoms with Crippen molar-refractivity contribution in [2.24, 2.45) is 5.92 Å². The summed E-state index contributed by atoms with van der Waals surface area (Å²) in [6.45, 7) is 2.42. The highest BCUT2D eigenvalue weighted by Gasteiger charge is 2.17. The molecule has 0 unspecified atom stereocenters. The molecule has 0 saturated carbocycles. The smallest absolute Gasteiger partial charge is 0.251 e. The Morgan fingerprint density at radius 2 is 1.55 bits per heavy atom. The van der Waals surface area contributed by atoms with Gasteiger partial charge < -0.3 is 26.0 Å². The second-order valence-corrected chi connectivity index (χ2v) is 9.58. The summed E-state index contributed by atoms with van der Waals surface area (Å²) in [5, 5.41) is 12.0. The van der Waals surface area contributed by atoms with Crippen LogP contribution < -0.4 is 26.0 Å². The van der Waals surface area contributed by atoms with Gasteiger partial charge in [-0.1, -0.05) is 48.5 Å². The molecule has 0 bridgehead atoms. The molecule has 1 fully saturated rings. The third-order valence-corrected chi connectivity index (χ3v) is 6.62. The maximum absolute atomic E-state index is 12.7. The van der Waals surface area contributed by atoms with Gasteiger partial charge in [-0.3, -0.25) is 9.59 Å². The quantitative estimate of drug-likeness (QED) is 0.233. The molecule has 9 nitrogen and oxygen atoms in total. The van der Waals surface area contributed by atoms with Crippen molar-refractivity contribution in [3.63, 3.8) is 0 Å². The second kappa shape index (κ2) is 13.3. The lowest BCUT2D eigenvalue weighted by Crippen LogP contribution is -2.32. The number of amides is 2. The third kappa shape index (κ3) is 7.42. The van der Waals surface area contributed by atoms with E-state index >= 15 is 0 Å². The first-order valence-corrected chi connectivity index (χ1v) is 13.4. The Morgan fingerprint density at radius 1 is 0.875 bits per heavy atom. The van der Waals surface area contributed by atoms with Crippen LogP contribution in [-0.4, -0.2) is 48.0 Å². The van der Waals surface area contributed by atoms with Gasteiger partial charge in [0, 0.05) is 23.1 Å². The Hall–Kier alpha value is -4.76. The van der Waals surface area contributed by atoms with Crippen LogP contribution in [0.2, 0.25) is 0 Å². The van der Waals surface area contributed by atoms with E-state index in [0.717, 1.165) is 42.7 Å². The standard InChI is InChI=1S/C31H32N6O3/c38-28(35-25-7-3-1-4-8-25)20-33-29(39)24-13-11-23(12-14-24)27-19-34-31(36-26-9-5-2-6-10-26)37-30(27)40-21-22-15-17-32-18-16-22/h1-14,19,22,32H,15-18,20-21H2,(H,33,39)(H,35,38)(H,34,36,37). The number of carbonyl (C=O) groups excluding carboxylic acids is 2. The van der Waals surface area contributed by atoms with E-state index in [0.29, 0.717) is 35.6 Å². The number of anilines is 3. The van der Waals surface area contributed by atoms with Crippen molar-refractivity contribution >= 4 is 29.1 Å². The van der Waals surface area contributed by atoms with Crippen LogP contribution in [0.1, 0.15) is 23.2 Å². The van der Waals surface area contributed by atoms with Gasteiger partial charge in [-0.2, -0.15) is 4.98 Å². The van der Waals surface area contributed by atoms with Gasteiger partial charge in [0.05, 0.1) is 18.7 Å². The summed E-state index contributed by atoms with van der Waals surface area (Å²) in [5.41, 5.74) is 3.56. The molecule has 0 radical (unpaired) electrons. The van der Waals surface area contributed by atoms with Gasteiger partial charge in [0.25, 0.3) is 5.91 Å². The summed E-state index contributed by atoms with van der Waals surface area (Å²) in [6, 6.07) is 25.9. The fourth-order valence-corrected chi connectivity index (χ4v) is 4.42. The maximum atomic E-state index is 12.7. The van der Waals surface area contributed by atoms with E-state index in [9.17, 15) is 9.59 Å². The number of carbonyl (C=O) groups is 2. The Bertz CT molecular complexity index is 1410. The van der Waals surface area contributed by atoms with E-state index in [1.807, 2.05) is 60.7 Å². The average Bonchev–Trinajstić information content (AvgIpc) is 3.00. The first kappa shape index (κ1) is 26.8. The minimum absolute atomic E-state index is 0.131. The number of nitrogens with one attached hydrogen (secondary N) is 4. The highest BCUT2D eigenvalue weighted by Crippen LogP contribution is 2.30. The lowest BCUT2D eigenvalue weighted by Gasteiger charge is -2.23. The van der Waals surface area contributed by atoms with Crippen molar-refractivity contribution in [1.82, 2.24) is 20.6 Å². The molecular formula is C31H32N6O3. The van der Waals surface area contributed by atoms with Crippen LogP contribution in [0.5, 0.6) is 5.88 Å². The third-order valence-electron chi connectivity index (χ3n) is 6.62. The predicted molar refractivity (Wildman–Crippen MR) is 156 cm³/mol. The number of rotatable bonds is 10. The minimum atomic E-state index is -0.337. The normalized spacial score (nSPS) is 13.3. The van der Waals surface area contributed by atoms with E-state index < -0.39 is 0 Å². The molecule has 5 rings (SSSR count). The van der Waals surface area contributed by atoms with Crippen LogP contribution >= 0.6 is 0 Å². The largest absolute Gasteiger partial charge is 0.477 e. The van der Waals surface area contributed by atoms with E-state index in [4.69, 9.17) is 4.74 Å². The summed E-state index contributed by atoms with van der Waals surface area (Å²) >= 11 is 0. The van der Waals surface area contributed by atoms with Crippen molar-refractivity contribution < 1.29 is 14.3 Å². The van der Waals surface area contributed by atoms with Crippen LogP contribution in [0.15, 0.2) is 91.1 Å². The number of aromatic nitrogens is 2. The van der Waals surface area contributed by atoms with Gasteiger partial charge in [-0.05, 0) is 73.8 Å². The van der Waals surface area contributed by atoms with E-state index in [1.54, 1.807) is 30.5 Å². The Balaban J connectivity index is 1.27. The summed E-state index contributed by atoms with van der Waals surface area (Å²) in [7, 11) is 0. The van der Waals surface area contributed by atoms with Crippen LogP contribution in [0.25, 0.3) is 11.1 Å². The first-order chi connectivity index (χ1) is 19.6. The molecule has 0 atom stereocenters. The van der Waals surface area contributed by atoms with E-state index in [-0.39, 0.29) is 18.4 Å². The molecule has 9 heteroatoms. The van der Waals surface area contributed by atoms with Gasteiger partial charge in [0.2, 0.25) is 17.7 Å². The van der Waals surface area contributed by atoms with E-state index in [1.165, 1.54) is 0 Å². The average molecular weight is 537 g/mol. The molecule has 2 heterocycles. The van der Waals surface area contributed by atoms with Crippen molar-refractivity contribution in [2.45, 2.75) is 12.8 Å². The molecule has 1 saturated heterocycles. The summed E-state index contributed by atoms with van der Waals surface area (Å²) < 4.78 is 6.26. The zero-order chi connectivity index (χ0) is 27.6. The van der Waals surface area contributed by atoms with E-state index in [2.05, 4.69) is 31.2 Å². The predicted octanol–water partition coefficient (Wildman–Crippen LogP) is 4.63. The SMILES string of the molecule is O=C(CNC(=O)c1ccc(-c2cnc(Nc3ccccc3)nc2OCC2CCNCC2)cc1)Nc1ccccc1. The molecule has 4 aromatic rings. The minimum Gasteiger partial charge on any atom is -0.477 e. The van der Waals surface area contributed by atoms with Crippen molar-refractivity contribution in [3.05, 3.63) is 96.7 Å². The van der Waals surface area contributed by atoms with Crippen LogP contribution in [0.3, 0.4) is 0 Å². The molecule has 2 amide bonds. The van der Waals surface area contributed by atoms with Crippen LogP contribution in [0.4, 0.5) is 17.3 Å². The van der Waals surface area contributed by atoms with Gasteiger partial charge in [-0.15, -0.1) is 0 Å². The maximum Gasteiger partial charge on any atom is 0.251 e. The molecular weight excluding hydrogens is 504 g/mol. The zero-order valence-corrected chi connectivity index (χ0v) is 22.1. The zero-order valence-electron chi connectivity index (χ0n) is 22.1. The lowest BCUT2D eigenvalue weighted by molar-refractivity contribution is -0.115. The number of ether oxygens (including phenoxy) is 1. The fourth-order valence-electron chi connectivity index (χ4n) is 4.42. The molecule has 1 aliphatic heterocycles. The Labute approximate surface area is 233 Å². The molecule has 0 aliphatic carbocycles. The van der Waals surface area contributed by atoms with Crippen molar-refractivity contribution in [2.75, 3.05) is 36.9 Å². The van der Waals surface area contributed by atoms with Gasteiger partial charge in [-0.25, -0.2) is 4.98 Å². The number of nitrogens with zero attached hydrogens (tertiary/aromatic N) is 2. The molecule has 40 heavy (non-hydrogen) atoms. The van der Waals surface area contributed by atoms with Crippen LogP contribution in [0, 0.1) is 5.92 Å². The number of hydrogen-bond donors (Lipinski definition) is 4.